The molecule has 5 nitrogen and oxygen atoms in total. The number of carboxylic acids is 1. The van der Waals surface area contributed by atoms with E-state index in [1.807, 2.05) is 6.92 Å². The molecule has 2 aliphatic rings. The maximum absolute atomic E-state index is 10.9. The van der Waals surface area contributed by atoms with Crippen LogP contribution in [0.1, 0.15) is 40.0 Å². The SMILES string of the molecule is CC1(C)CC(N)CC(C)(C(O)N=C=C2C=CC(C(=O)O)C=C2)C1. The first-order valence-corrected chi connectivity index (χ1v) is 7.97. The van der Waals surface area contributed by atoms with E-state index in [0.717, 1.165) is 19.3 Å². The van der Waals surface area contributed by atoms with E-state index in [1.54, 1.807) is 24.3 Å². The lowest BCUT2D eigenvalue weighted by atomic mass is 9.62. The lowest BCUT2D eigenvalue weighted by Crippen LogP contribution is -2.47. The number of hydrogen-bond donors (Lipinski definition) is 3. The molecular weight excluding hydrogens is 292 g/mol. The van der Waals surface area contributed by atoms with Crippen molar-refractivity contribution in [2.45, 2.75) is 52.3 Å². The number of aliphatic imine (C=N–C) groups is 1. The number of hydrogen-bond acceptors (Lipinski definition) is 4. The van der Waals surface area contributed by atoms with Crippen molar-refractivity contribution < 1.29 is 15.0 Å². The molecule has 126 valence electrons. The molecule has 0 aromatic carbocycles. The van der Waals surface area contributed by atoms with Gasteiger partial charge < -0.3 is 15.9 Å². The molecule has 0 saturated heterocycles. The third-order valence-corrected chi connectivity index (χ3v) is 4.62. The van der Waals surface area contributed by atoms with Gasteiger partial charge in [-0.3, -0.25) is 4.79 Å². The van der Waals surface area contributed by atoms with Crippen molar-refractivity contribution in [1.82, 2.24) is 0 Å². The number of aliphatic hydroxyl groups excluding tert-OH is 1. The highest BCUT2D eigenvalue weighted by atomic mass is 16.4. The summed E-state index contributed by atoms with van der Waals surface area (Å²) < 4.78 is 0. The summed E-state index contributed by atoms with van der Waals surface area (Å²) in [5.74, 6) is 1.33. The number of carboxylic acid groups (broad SMARTS) is 1. The molecule has 3 unspecified atom stereocenters. The highest BCUT2D eigenvalue weighted by Gasteiger charge is 2.44. The van der Waals surface area contributed by atoms with Crippen LogP contribution >= 0.6 is 0 Å². The Labute approximate surface area is 137 Å². The maximum Gasteiger partial charge on any atom is 0.314 e. The van der Waals surface area contributed by atoms with Crippen LogP contribution in [0.4, 0.5) is 0 Å². The maximum atomic E-state index is 10.9. The van der Waals surface area contributed by atoms with Crippen LogP contribution in [0.3, 0.4) is 0 Å². The monoisotopic (exact) mass is 318 g/mol. The molecule has 4 N–H and O–H groups in total. The minimum absolute atomic E-state index is 0.0621. The molecule has 1 fully saturated rings. The number of aliphatic hydroxyl groups is 1. The van der Waals surface area contributed by atoms with Crippen LogP contribution in [-0.4, -0.2) is 34.3 Å². The second-order valence-corrected chi connectivity index (χ2v) is 7.82. The Bertz CT molecular complexity index is 583. The van der Waals surface area contributed by atoms with Crippen molar-refractivity contribution >= 4 is 11.8 Å². The number of aliphatic carboxylic acids is 1. The zero-order valence-corrected chi connectivity index (χ0v) is 14.0. The van der Waals surface area contributed by atoms with Crippen LogP contribution in [0.25, 0.3) is 0 Å². The molecule has 3 atom stereocenters. The van der Waals surface area contributed by atoms with Gasteiger partial charge in [0.25, 0.3) is 0 Å². The fourth-order valence-corrected chi connectivity index (χ4v) is 3.88. The van der Waals surface area contributed by atoms with Gasteiger partial charge >= 0.3 is 5.97 Å². The van der Waals surface area contributed by atoms with Gasteiger partial charge in [0, 0.05) is 17.0 Å². The summed E-state index contributed by atoms with van der Waals surface area (Å²) in [4.78, 5) is 15.0. The van der Waals surface area contributed by atoms with E-state index < -0.39 is 18.1 Å². The third kappa shape index (κ3) is 4.41. The predicted molar refractivity (Wildman–Crippen MR) is 90.1 cm³/mol. The molecule has 1 saturated carbocycles. The van der Waals surface area contributed by atoms with Crippen molar-refractivity contribution in [3.05, 3.63) is 29.9 Å². The molecule has 0 heterocycles. The second kappa shape index (κ2) is 6.44. The van der Waals surface area contributed by atoms with E-state index in [1.165, 1.54) is 0 Å². The summed E-state index contributed by atoms with van der Waals surface area (Å²) in [7, 11) is 0. The van der Waals surface area contributed by atoms with Crippen molar-refractivity contribution in [2.24, 2.45) is 27.5 Å². The summed E-state index contributed by atoms with van der Waals surface area (Å²) in [6.07, 6.45) is 8.12. The van der Waals surface area contributed by atoms with Gasteiger partial charge in [-0.05, 0) is 42.7 Å². The molecule has 0 aromatic heterocycles. The van der Waals surface area contributed by atoms with Crippen molar-refractivity contribution in [3.63, 3.8) is 0 Å². The average molecular weight is 318 g/mol. The first-order valence-electron chi connectivity index (χ1n) is 7.97. The largest absolute Gasteiger partial charge is 0.481 e. The fourth-order valence-electron chi connectivity index (χ4n) is 3.88. The quantitative estimate of drug-likeness (QED) is 0.696. The lowest BCUT2D eigenvalue weighted by Gasteiger charge is -2.46. The van der Waals surface area contributed by atoms with Gasteiger partial charge in [0.15, 0.2) is 6.23 Å². The second-order valence-electron chi connectivity index (χ2n) is 7.82. The Morgan fingerprint density at radius 1 is 1.35 bits per heavy atom. The first kappa shape index (κ1) is 17.7. The average Bonchev–Trinajstić information content (AvgIpc) is 2.42. The van der Waals surface area contributed by atoms with Crippen LogP contribution in [0.5, 0.6) is 0 Å². The Hall–Kier alpha value is -1.68. The molecule has 0 spiro atoms. The molecule has 5 heteroatoms. The molecule has 23 heavy (non-hydrogen) atoms. The van der Waals surface area contributed by atoms with Gasteiger partial charge in [0.2, 0.25) is 0 Å². The van der Waals surface area contributed by atoms with Crippen molar-refractivity contribution in [1.29, 1.82) is 0 Å². The summed E-state index contributed by atoms with van der Waals surface area (Å²) in [5.41, 5.74) is 6.51. The Balaban J connectivity index is 2.13. The van der Waals surface area contributed by atoms with Crippen LogP contribution in [-0.2, 0) is 4.79 Å². The normalized spacial score (nSPS) is 33.9. The lowest BCUT2D eigenvalue weighted by molar-refractivity contribution is -0.138. The number of nitrogens with two attached hydrogens (primary N) is 1. The molecular formula is C18H26N2O3. The van der Waals surface area contributed by atoms with Crippen LogP contribution in [0.15, 0.2) is 34.9 Å². The minimum Gasteiger partial charge on any atom is -0.481 e. The molecule has 0 aromatic rings. The van der Waals surface area contributed by atoms with Crippen molar-refractivity contribution in [2.75, 3.05) is 0 Å². The number of carbonyl (C=O) groups is 1. The number of nitrogens with zero attached hydrogens (tertiary/aromatic N) is 1. The minimum atomic E-state index is -0.889. The Morgan fingerprint density at radius 3 is 2.48 bits per heavy atom. The van der Waals surface area contributed by atoms with Gasteiger partial charge in [0.1, 0.15) is 0 Å². The predicted octanol–water partition coefficient (Wildman–Crippen LogP) is 2.27. The van der Waals surface area contributed by atoms with E-state index >= 15 is 0 Å². The van der Waals surface area contributed by atoms with E-state index in [0.29, 0.717) is 5.57 Å². The molecule has 0 radical (unpaired) electrons. The Kier molecular flexibility index (Phi) is 4.95. The van der Waals surface area contributed by atoms with Crippen LogP contribution in [0, 0.1) is 16.7 Å². The van der Waals surface area contributed by atoms with Gasteiger partial charge in [-0.2, -0.15) is 0 Å². The zero-order chi connectivity index (χ0) is 17.3. The van der Waals surface area contributed by atoms with E-state index in [4.69, 9.17) is 10.8 Å². The topological polar surface area (TPSA) is 95.9 Å². The number of rotatable bonds is 3. The highest BCUT2D eigenvalue weighted by Crippen LogP contribution is 2.47. The van der Waals surface area contributed by atoms with E-state index in [-0.39, 0.29) is 16.9 Å². The smallest absolute Gasteiger partial charge is 0.314 e. The van der Waals surface area contributed by atoms with Gasteiger partial charge in [-0.1, -0.05) is 32.9 Å². The molecule has 0 aliphatic heterocycles. The van der Waals surface area contributed by atoms with Crippen LogP contribution in [0.2, 0.25) is 0 Å². The van der Waals surface area contributed by atoms with Gasteiger partial charge in [-0.25, -0.2) is 4.99 Å². The van der Waals surface area contributed by atoms with E-state index in [2.05, 4.69) is 24.7 Å². The summed E-state index contributed by atoms with van der Waals surface area (Å²) >= 11 is 0. The van der Waals surface area contributed by atoms with Crippen molar-refractivity contribution in [3.8, 4) is 0 Å². The molecule has 2 aliphatic carbocycles. The van der Waals surface area contributed by atoms with E-state index in [9.17, 15) is 9.90 Å². The van der Waals surface area contributed by atoms with Gasteiger partial charge in [0.05, 0.1) is 5.92 Å². The Morgan fingerprint density at radius 2 is 1.96 bits per heavy atom. The molecule has 0 amide bonds. The zero-order valence-electron chi connectivity index (χ0n) is 14.0. The summed E-state index contributed by atoms with van der Waals surface area (Å²) in [6.45, 7) is 6.34. The standard InChI is InChI=1S/C18H26N2O3/c1-17(2)8-14(19)9-18(3,11-17)16(23)20-10-12-4-6-13(7-5-12)15(21)22/h4-7,13-14,16,23H,8-9,11,19H2,1-3H3,(H,21,22). The van der Waals surface area contributed by atoms with Gasteiger partial charge in [-0.15, -0.1) is 0 Å². The first-order chi connectivity index (χ1) is 10.6. The third-order valence-electron chi connectivity index (χ3n) is 4.62. The fraction of sp³-hybridized carbons (Fsp3) is 0.611. The molecule has 0 bridgehead atoms. The summed E-state index contributed by atoms with van der Waals surface area (Å²) in [6, 6.07) is 0.0621. The molecule has 2 rings (SSSR count). The summed E-state index contributed by atoms with van der Waals surface area (Å²) in [5, 5.41) is 19.4. The van der Waals surface area contributed by atoms with Crippen LogP contribution < -0.4 is 5.73 Å². The highest BCUT2D eigenvalue weighted by molar-refractivity contribution is 5.77. The number of allylic oxidation sites excluding steroid dienone is 3.